The second-order valence-corrected chi connectivity index (χ2v) is 10.6. The molecule has 2 N–H and O–H groups in total. The molecule has 0 unspecified atom stereocenters. The quantitative estimate of drug-likeness (QED) is 0.245. The van der Waals surface area contributed by atoms with Crippen LogP contribution < -0.4 is 10.6 Å². The highest BCUT2D eigenvalue weighted by Gasteiger charge is 2.38. The summed E-state index contributed by atoms with van der Waals surface area (Å²) in [6.45, 7) is 1.73. The number of nitrogens with one attached hydrogen (secondary N) is 2. The maximum absolute atomic E-state index is 13.7. The number of hydrogen-bond acceptors (Lipinski definition) is 4. The maximum Gasteiger partial charge on any atom is 0.416 e. The number of aromatic nitrogens is 3. The number of fused-ring (bicyclic) bond motifs is 2. The maximum atomic E-state index is 13.7. The SMILES string of the molecule is CNC(=O)C1CC(n2c(-c3cncc4ccccc34)nc3cccc(C(=O)N[C@@H](C)c4ccc(C(F)(F)F)cc4)c32)C1. The highest BCUT2D eigenvalue weighted by atomic mass is 19.4. The van der Waals surface area contributed by atoms with Gasteiger partial charge in [-0.3, -0.25) is 14.6 Å². The summed E-state index contributed by atoms with van der Waals surface area (Å²) in [7, 11) is 1.62. The minimum Gasteiger partial charge on any atom is -0.359 e. The average molecular weight is 572 g/mol. The molecule has 0 radical (unpaired) electrons. The van der Waals surface area contributed by atoms with Crippen molar-refractivity contribution in [2.45, 2.75) is 38.0 Å². The number of amides is 2. The lowest BCUT2D eigenvalue weighted by Crippen LogP contribution is -2.38. The van der Waals surface area contributed by atoms with E-state index in [0.29, 0.717) is 40.8 Å². The standard InChI is InChI=1S/C32H28F3N5O2/c1-18(19-10-12-22(13-11-19)32(33,34)35)38-31(42)25-8-5-9-27-28(25)40(23-14-21(15-23)30(41)36-2)29(39-27)26-17-37-16-20-6-3-4-7-24(20)26/h3-13,16-18,21,23H,14-15H2,1-2H3,(H,36,41)(H,38,42)/t18-,21?,23?/m0/s1. The van der Waals surface area contributed by atoms with Crippen molar-refractivity contribution in [2.75, 3.05) is 7.05 Å². The van der Waals surface area contributed by atoms with E-state index in [1.54, 1.807) is 38.5 Å². The van der Waals surface area contributed by atoms with E-state index < -0.39 is 17.8 Å². The summed E-state index contributed by atoms with van der Waals surface area (Å²) in [5.74, 6) is 0.119. The predicted octanol–water partition coefficient (Wildman–Crippen LogP) is 6.46. The second kappa shape index (κ2) is 10.6. The van der Waals surface area contributed by atoms with E-state index in [1.807, 2.05) is 30.3 Å². The fraction of sp³-hybridized carbons (Fsp3) is 0.250. The van der Waals surface area contributed by atoms with E-state index in [0.717, 1.165) is 28.5 Å². The lowest BCUT2D eigenvalue weighted by molar-refractivity contribution is -0.137. The molecule has 0 bridgehead atoms. The Morgan fingerprint density at radius 2 is 1.71 bits per heavy atom. The van der Waals surface area contributed by atoms with Gasteiger partial charge in [0.25, 0.3) is 5.91 Å². The first kappa shape index (κ1) is 27.4. The van der Waals surface area contributed by atoms with E-state index in [1.165, 1.54) is 12.1 Å². The number of alkyl halides is 3. The van der Waals surface area contributed by atoms with E-state index in [4.69, 9.17) is 4.98 Å². The zero-order valence-corrected chi connectivity index (χ0v) is 22.9. The van der Waals surface area contributed by atoms with Crippen LogP contribution in [0.4, 0.5) is 13.2 Å². The molecule has 0 saturated heterocycles. The van der Waals surface area contributed by atoms with E-state index in [9.17, 15) is 22.8 Å². The first-order valence-electron chi connectivity index (χ1n) is 13.7. The van der Waals surface area contributed by atoms with Crippen LogP contribution in [-0.2, 0) is 11.0 Å². The van der Waals surface area contributed by atoms with Gasteiger partial charge in [0.15, 0.2) is 0 Å². The Balaban J connectivity index is 1.42. The molecule has 214 valence electrons. The summed E-state index contributed by atoms with van der Waals surface area (Å²) in [5, 5.41) is 7.58. The summed E-state index contributed by atoms with van der Waals surface area (Å²) < 4.78 is 41.2. The van der Waals surface area contributed by atoms with Gasteiger partial charge in [-0.2, -0.15) is 13.2 Å². The minimum absolute atomic E-state index is 0.0209. The first-order chi connectivity index (χ1) is 20.2. The molecule has 1 aliphatic carbocycles. The lowest BCUT2D eigenvalue weighted by Gasteiger charge is -2.36. The fourth-order valence-corrected chi connectivity index (χ4v) is 5.71. The largest absolute Gasteiger partial charge is 0.416 e. The number of imidazole rings is 1. The van der Waals surface area contributed by atoms with E-state index >= 15 is 0 Å². The summed E-state index contributed by atoms with van der Waals surface area (Å²) in [4.78, 5) is 35.5. The number of para-hydroxylation sites is 1. The van der Waals surface area contributed by atoms with E-state index in [-0.39, 0.29) is 23.8 Å². The topological polar surface area (TPSA) is 88.9 Å². The molecule has 0 aliphatic heterocycles. The Morgan fingerprint density at radius 3 is 2.43 bits per heavy atom. The molecule has 1 aliphatic rings. The first-order valence-corrected chi connectivity index (χ1v) is 13.7. The highest BCUT2D eigenvalue weighted by Crippen LogP contribution is 2.44. The summed E-state index contributed by atoms with van der Waals surface area (Å²) in [6, 6.07) is 17.3. The number of carbonyl (C=O) groups is 2. The molecule has 10 heteroatoms. The zero-order valence-electron chi connectivity index (χ0n) is 22.9. The van der Waals surface area contributed by atoms with Crippen LogP contribution in [0.1, 0.15) is 53.3 Å². The van der Waals surface area contributed by atoms with Gasteiger partial charge in [-0.1, -0.05) is 42.5 Å². The van der Waals surface area contributed by atoms with Gasteiger partial charge in [-0.05, 0) is 55.0 Å². The van der Waals surface area contributed by atoms with Crippen LogP contribution in [0, 0.1) is 5.92 Å². The monoisotopic (exact) mass is 571 g/mol. The van der Waals surface area contributed by atoms with Gasteiger partial charge in [0, 0.05) is 42.4 Å². The summed E-state index contributed by atoms with van der Waals surface area (Å²) in [6.07, 6.45) is 0.302. The number of carbonyl (C=O) groups excluding carboxylic acids is 2. The third kappa shape index (κ3) is 4.87. The average Bonchev–Trinajstić information content (AvgIpc) is 3.34. The van der Waals surface area contributed by atoms with Gasteiger partial charge in [-0.25, -0.2) is 4.98 Å². The van der Waals surface area contributed by atoms with Gasteiger partial charge in [-0.15, -0.1) is 0 Å². The van der Waals surface area contributed by atoms with Crippen molar-refractivity contribution in [1.29, 1.82) is 0 Å². The van der Waals surface area contributed by atoms with Crippen LogP contribution in [0.2, 0.25) is 0 Å². The Bertz CT molecular complexity index is 1800. The molecule has 1 saturated carbocycles. The van der Waals surface area contributed by atoms with Crippen molar-refractivity contribution in [3.05, 3.63) is 95.8 Å². The van der Waals surface area contributed by atoms with Crippen molar-refractivity contribution in [2.24, 2.45) is 5.92 Å². The Labute approximate surface area is 239 Å². The second-order valence-electron chi connectivity index (χ2n) is 10.6. The van der Waals surface area contributed by atoms with Gasteiger partial charge < -0.3 is 15.2 Å². The minimum atomic E-state index is -4.44. The molecule has 2 aromatic heterocycles. The molecule has 6 rings (SSSR count). The van der Waals surface area contributed by atoms with Crippen LogP contribution in [0.15, 0.2) is 79.1 Å². The lowest BCUT2D eigenvalue weighted by atomic mass is 9.79. The number of halogens is 3. The molecule has 5 aromatic rings. The molecular formula is C32H28F3N5O2. The molecule has 0 spiro atoms. The smallest absolute Gasteiger partial charge is 0.359 e. The zero-order chi connectivity index (χ0) is 29.6. The van der Waals surface area contributed by atoms with Crippen LogP contribution >= 0.6 is 0 Å². The molecule has 1 atom stereocenters. The van der Waals surface area contributed by atoms with Crippen molar-refractivity contribution < 1.29 is 22.8 Å². The van der Waals surface area contributed by atoms with Crippen molar-refractivity contribution >= 4 is 33.6 Å². The van der Waals surface area contributed by atoms with Gasteiger partial charge in [0.2, 0.25) is 5.91 Å². The predicted molar refractivity (Wildman–Crippen MR) is 154 cm³/mol. The summed E-state index contributed by atoms with van der Waals surface area (Å²) >= 11 is 0. The molecule has 42 heavy (non-hydrogen) atoms. The normalized spacial score (nSPS) is 17.5. The van der Waals surface area contributed by atoms with E-state index in [2.05, 4.69) is 20.2 Å². The number of hydrogen-bond donors (Lipinski definition) is 2. The number of rotatable bonds is 6. The third-order valence-electron chi connectivity index (χ3n) is 8.05. The van der Waals surface area contributed by atoms with Gasteiger partial charge in [0.1, 0.15) is 5.82 Å². The molecule has 2 heterocycles. The van der Waals surface area contributed by atoms with Crippen LogP contribution in [0.5, 0.6) is 0 Å². The molecule has 3 aromatic carbocycles. The van der Waals surface area contributed by atoms with Crippen molar-refractivity contribution in [3.63, 3.8) is 0 Å². The van der Waals surface area contributed by atoms with Crippen LogP contribution in [0.3, 0.4) is 0 Å². The number of nitrogens with zero attached hydrogens (tertiary/aromatic N) is 3. The Kier molecular flexibility index (Phi) is 6.92. The van der Waals surface area contributed by atoms with Crippen molar-refractivity contribution in [1.82, 2.24) is 25.2 Å². The van der Waals surface area contributed by atoms with Crippen LogP contribution in [-0.4, -0.2) is 33.4 Å². The van der Waals surface area contributed by atoms with Gasteiger partial charge >= 0.3 is 6.18 Å². The molecule has 7 nitrogen and oxygen atoms in total. The third-order valence-corrected chi connectivity index (χ3v) is 8.05. The fourth-order valence-electron chi connectivity index (χ4n) is 5.71. The molecule has 1 fully saturated rings. The highest BCUT2D eigenvalue weighted by molar-refractivity contribution is 6.07. The van der Waals surface area contributed by atoms with Crippen LogP contribution in [0.25, 0.3) is 33.2 Å². The number of benzene rings is 3. The Morgan fingerprint density at radius 1 is 0.976 bits per heavy atom. The van der Waals surface area contributed by atoms with Gasteiger partial charge in [0.05, 0.1) is 28.2 Å². The molecule has 2 amide bonds. The molecular weight excluding hydrogens is 543 g/mol. The number of pyridine rings is 1. The Hall–Kier alpha value is -4.73. The van der Waals surface area contributed by atoms with Crippen molar-refractivity contribution in [3.8, 4) is 11.4 Å². The summed E-state index contributed by atoms with van der Waals surface area (Å²) in [5.41, 5.74) is 2.27.